The molecule has 3 aromatic rings. The molecule has 1 atom stereocenters. The minimum absolute atomic E-state index is 0.0862. The van der Waals surface area contributed by atoms with Gasteiger partial charge in [0.1, 0.15) is 21.9 Å². The SMILES string of the molecule is Cc1cc(NC(=O)[C@H](Sc2ncnc3sc4c(c23)CCC4)C(C)C)no1. The van der Waals surface area contributed by atoms with Gasteiger partial charge in [0.15, 0.2) is 5.82 Å². The molecule has 0 saturated heterocycles. The smallest absolute Gasteiger partial charge is 0.239 e. The van der Waals surface area contributed by atoms with Crippen molar-refractivity contribution in [3.8, 4) is 0 Å². The molecule has 0 spiro atoms. The largest absolute Gasteiger partial charge is 0.360 e. The molecule has 1 amide bonds. The second-order valence-electron chi connectivity index (χ2n) is 6.81. The van der Waals surface area contributed by atoms with Crippen LogP contribution in [-0.2, 0) is 17.6 Å². The van der Waals surface area contributed by atoms with Crippen molar-refractivity contribution < 1.29 is 9.32 Å². The number of rotatable bonds is 5. The Balaban J connectivity index is 1.63. The summed E-state index contributed by atoms with van der Waals surface area (Å²) in [6, 6.07) is 1.72. The minimum atomic E-state index is -0.276. The number of thioether (sulfide) groups is 1. The number of nitrogens with zero attached hydrogens (tertiary/aromatic N) is 3. The van der Waals surface area contributed by atoms with Gasteiger partial charge in [-0.05, 0) is 37.7 Å². The van der Waals surface area contributed by atoms with E-state index in [4.69, 9.17) is 4.52 Å². The Kier molecular flexibility index (Phi) is 4.71. The summed E-state index contributed by atoms with van der Waals surface area (Å²) in [7, 11) is 0. The molecule has 0 fully saturated rings. The van der Waals surface area contributed by atoms with Crippen molar-refractivity contribution in [2.75, 3.05) is 5.32 Å². The molecule has 1 N–H and O–H groups in total. The van der Waals surface area contributed by atoms with Gasteiger partial charge < -0.3 is 9.84 Å². The Morgan fingerprint density at radius 1 is 1.35 bits per heavy atom. The van der Waals surface area contributed by atoms with E-state index in [1.807, 2.05) is 13.8 Å². The summed E-state index contributed by atoms with van der Waals surface area (Å²) >= 11 is 3.28. The lowest BCUT2D eigenvalue weighted by atomic mass is 10.1. The topological polar surface area (TPSA) is 80.9 Å². The molecule has 0 aliphatic heterocycles. The quantitative estimate of drug-likeness (QED) is 0.520. The fourth-order valence-electron chi connectivity index (χ4n) is 3.22. The first-order valence-electron chi connectivity index (χ1n) is 8.69. The maximum absolute atomic E-state index is 12.8. The monoisotopic (exact) mass is 388 g/mol. The van der Waals surface area contributed by atoms with Gasteiger partial charge in [-0.2, -0.15) is 0 Å². The highest BCUT2D eigenvalue weighted by molar-refractivity contribution is 8.00. The van der Waals surface area contributed by atoms with Crippen molar-refractivity contribution in [1.82, 2.24) is 15.1 Å². The zero-order valence-corrected chi connectivity index (χ0v) is 16.5. The van der Waals surface area contributed by atoms with E-state index in [2.05, 4.69) is 20.4 Å². The highest BCUT2D eigenvalue weighted by atomic mass is 32.2. The zero-order valence-electron chi connectivity index (χ0n) is 14.9. The summed E-state index contributed by atoms with van der Waals surface area (Å²) < 4.78 is 5.03. The highest BCUT2D eigenvalue weighted by Gasteiger charge is 2.28. The number of hydrogen-bond donors (Lipinski definition) is 1. The van der Waals surface area contributed by atoms with Gasteiger partial charge in [-0.1, -0.05) is 30.8 Å². The van der Waals surface area contributed by atoms with E-state index in [1.54, 1.807) is 30.7 Å². The number of hydrogen-bond acceptors (Lipinski definition) is 7. The van der Waals surface area contributed by atoms with Crippen LogP contribution in [0.2, 0.25) is 0 Å². The first-order valence-corrected chi connectivity index (χ1v) is 10.4. The molecule has 6 nitrogen and oxygen atoms in total. The predicted octanol–water partition coefficient (Wildman–Crippen LogP) is 4.23. The Labute approximate surface area is 159 Å². The van der Waals surface area contributed by atoms with Crippen molar-refractivity contribution in [3.05, 3.63) is 28.6 Å². The third kappa shape index (κ3) is 3.23. The van der Waals surface area contributed by atoms with Crippen LogP contribution in [-0.4, -0.2) is 26.3 Å². The molecule has 0 radical (unpaired) electrons. The number of carbonyl (C=O) groups excluding carboxylic acids is 1. The summed E-state index contributed by atoms with van der Waals surface area (Å²) in [5, 5.41) is 8.48. The van der Waals surface area contributed by atoms with Gasteiger partial charge in [-0.15, -0.1) is 11.3 Å². The summed E-state index contributed by atoms with van der Waals surface area (Å²) in [5.74, 6) is 1.17. The molecule has 0 aromatic carbocycles. The molecule has 1 aliphatic rings. The lowest BCUT2D eigenvalue weighted by Crippen LogP contribution is -2.29. The second-order valence-corrected chi connectivity index (χ2v) is 9.02. The summed E-state index contributed by atoms with van der Waals surface area (Å²) in [4.78, 5) is 24.2. The normalized spacial score (nSPS) is 14.8. The van der Waals surface area contributed by atoms with Crippen molar-refractivity contribution in [2.45, 2.75) is 50.3 Å². The molecule has 136 valence electrons. The zero-order chi connectivity index (χ0) is 18.3. The van der Waals surface area contributed by atoms with Crippen LogP contribution in [0.15, 0.2) is 21.9 Å². The van der Waals surface area contributed by atoms with Crippen LogP contribution in [0.4, 0.5) is 5.82 Å². The molecular formula is C18H20N4O2S2. The van der Waals surface area contributed by atoms with Crippen LogP contribution in [0.3, 0.4) is 0 Å². The molecule has 8 heteroatoms. The number of aryl methyl sites for hydroxylation is 3. The van der Waals surface area contributed by atoms with Crippen LogP contribution in [0, 0.1) is 12.8 Å². The van der Waals surface area contributed by atoms with Gasteiger partial charge in [-0.25, -0.2) is 9.97 Å². The molecule has 0 bridgehead atoms. The number of nitrogens with one attached hydrogen (secondary N) is 1. The van der Waals surface area contributed by atoms with Crippen molar-refractivity contribution in [3.63, 3.8) is 0 Å². The highest BCUT2D eigenvalue weighted by Crippen LogP contribution is 2.41. The molecule has 3 aromatic heterocycles. The van der Waals surface area contributed by atoms with Crippen LogP contribution < -0.4 is 5.32 Å². The van der Waals surface area contributed by atoms with Crippen molar-refractivity contribution >= 4 is 45.0 Å². The number of thiophene rings is 1. The second kappa shape index (κ2) is 7.00. The average molecular weight is 389 g/mol. The van der Waals surface area contributed by atoms with Gasteiger partial charge in [-0.3, -0.25) is 4.79 Å². The summed E-state index contributed by atoms with van der Waals surface area (Å²) in [6.45, 7) is 5.88. The fourth-order valence-corrected chi connectivity index (χ4v) is 5.64. The maximum Gasteiger partial charge on any atom is 0.239 e. The Morgan fingerprint density at radius 3 is 2.92 bits per heavy atom. The number of amides is 1. The summed E-state index contributed by atoms with van der Waals surface area (Å²) in [5.41, 5.74) is 1.38. The standard InChI is InChI=1S/C18H20N4O2S2/c1-9(2)15(16(23)21-13-7-10(3)24-22-13)26-18-14-11-5-4-6-12(11)25-17(14)19-8-20-18/h7-9,15H,4-6H2,1-3H3,(H,21,22,23)/t15-/m1/s1. The number of anilines is 1. The van der Waals surface area contributed by atoms with Gasteiger partial charge in [0.25, 0.3) is 0 Å². The average Bonchev–Trinajstić information content (AvgIpc) is 3.28. The first-order chi connectivity index (χ1) is 12.5. The van der Waals surface area contributed by atoms with Crippen LogP contribution in [0.25, 0.3) is 10.2 Å². The van der Waals surface area contributed by atoms with E-state index in [-0.39, 0.29) is 17.1 Å². The van der Waals surface area contributed by atoms with Gasteiger partial charge in [0.05, 0.1) is 5.25 Å². The van der Waals surface area contributed by atoms with Gasteiger partial charge in [0.2, 0.25) is 5.91 Å². The third-order valence-electron chi connectivity index (χ3n) is 4.45. The lowest BCUT2D eigenvalue weighted by molar-refractivity contribution is -0.116. The van der Waals surface area contributed by atoms with E-state index < -0.39 is 0 Å². The van der Waals surface area contributed by atoms with Crippen LogP contribution >= 0.6 is 23.1 Å². The van der Waals surface area contributed by atoms with Crippen molar-refractivity contribution in [1.29, 1.82) is 0 Å². The molecule has 26 heavy (non-hydrogen) atoms. The molecule has 4 rings (SSSR count). The minimum Gasteiger partial charge on any atom is -0.360 e. The Bertz CT molecular complexity index is 963. The molecule has 0 saturated carbocycles. The molecule has 3 heterocycles. The predicted molar refractivity (Wildman–Crippen MR) is 104 cm³/mol. The van der Waals surface area contributed by atoms with Crippen molar-refractivity contribution in [2.24, 2.45) is 5.92 Å². The maximum atomic E-state index is 12.8. The van der Waals surface area contributed by atoms with E-state index in [1.165, 1.54) is 28.6 Å². The van der Waals surface area contributed by atoms with E-state index in [9.17, 15) is 4.79 Å². The van der Waals surface area contributed by atoms with E-state index >= 15 is 0 Å². The van der Waals surface area contributed by atoms with E-state index in [0.29, 0.717) is 11.6 Å². The molecular weight excluding hydrogens is 368 g/mol. The number of carbonyl (C=O) groups is 1. The molecule has 0 unspecified atom stereocenters. The van der Waals surface area contributed by atoms with Crippen LogP contribution in [0.5, 0.6) is 0 Å². The summed E-state index contributed by atoms with van der Waals surface area (Å²) in [6.07, 6.45) is 5.00. The third-order valence-corrected chi connectivity index (χ3v) is 7.19. The Morgan fingerprint density at radius 2 is 2.19 bits per heavy atom. The number of aromatic nitrogens is 3. The fraction of sp³-hybridized carbons (Fsp3) is 0.444. The lowest BCUT2D eigenvalue weighted by Gasteiger charge is -2.19. The molecule has 1 aliphatic carbocycles. The first kappa shape index (κ1) is 17.5. The number of fused-ring (bicyclic) bond motifs is 3. The van der Waals surface area contributed by atoms with Gasteiger partial charge in [0, 0.05) is 16.3 Å². The van der Waals surface area contributed by atoms with Gasteiger partial charge >= 0.3 is 0 Å². The Hall–Kier alpha value is -1.93. The van der Waals surface area contributed by atoms with E-state index in [0.717, 1.165) is 28.1 Å². The van der Waals surface area contributed by atoms with Crippen LogP contribution in [0.1, 0.15) is 36.5 Å².